The van der Waals surface area contributed by atoms with Gasteiger partial charge in [-0.1, -0.05) is 12.1 Å². The van der Waals surface area contributed by atoms with Crippen LogP contribution in [0.15, 0.2) is 24.3 Å². The lowest BCUT2D eigenvalue weighted by Gasteiger charge is -2.41. The summed E-state index contributed by atoms with van der Waals surface area (Å²) in [6, 6.07) is 7.69. The van der Waals surface area contributed by atoms with Crippen LogP contribution >= 0.6 is 0 Å². The first-order chi connectivity index (χ1) is 10.4. The minimum absolute atomic E-state index is 0.0377. The first-order valence-corrected chi connectivity index (χ1v) is 7.68. The van der Waals surface area contributed by atoms with E-state index in [2.05, 4.69) is 0 Å². The Balaban J connectivity index is 2.21. The second kappa shape index (κ2) is 6.81. The summed E-state index contributed by atoms with van der Waals surface area (Å²) in [5.74, 6) is 0.899. The highest BCUT2D eigenvalue weighted by atomic mass is 16.5. The van der Waals surface area contributed by atoms with Gasteiger partial charge in [-0.05, 0) is 31.5 Å². The predicted octanol–water partition coefficient (Wildman–Crippen LogP) is 2.23. The number of hydrogen-bond donors (Lipinski definition) is 0. The van der Waals surface area contributed by atoms with E-state index in [9.17, 15) is 9.59 Å². The number of nitrogens with zero attached hydrogens (tertiary/aromatic N) is 2. The Morgan fingerprint density at radius 2 is 1.73 bits per heavy atom. The zero-order chi connectivity index (χ0) is 16.3. The van der Waals surface area contributed by atoms with Crippen molar-refractivity contribution in [3.63, 3.8) is 0 Å². The molecular weight excluding hydrogens is 280 g/mol. The predicted molar refractivity (Wildman–Crippen MR) is 84.6 cm³/mol. The summed E-state index contributed by atoms with van der Waals surface area (Å²) in [6.07, 6.45) is 0.127. The number of hydrogen-bond acceptors (Lipinski definition) is 3. The number of piperazine rings is 1. The van der Waals surface area contributed by atoms with Crippen molar-refractivity contribution in [2.75, 3.05) is 19.6 Å². The molecule has 22 heavy (non-hydrogen) atoms. The molecule has 5 nitrogen and oxygen atoms in total. The van der Waals surface area contributed by atoms with Crippen LogP contribution < -0.4 is 4.74 Å². The SMILES string of the molecule is CC(=O)N1CCN(C(C)=O)[C@@H](c2ccc(OC(C)C)cc2)C1. The van der Waals surface area contributed by atoms with Gasteiger partial charge < -0.3 is 14.5 Å². The molecule has 1 fully saturated rings. The molecule has 1 aliphatic heterocycles. The van der Waals surface area contributed by atoms with E-state index in [1.54, 1.807) is 18.7 Å². The van der Waals surface area contributed by atoms with Crippen molar-refractivity contribution in [1.29, 1.82) is 0 Å². The third kappa shape index (κ3) is 3.78. The van der Waals surface area contributed by atoms with E-state index < -0.39 is 0 Å². The fraction of sp³-hybridized carbons (Fsp3) is 0.529. The van der Waals surface area contributed by atoms with Crippen LogP contribution in [0.2, 0.25) is 0 Å². The van der Waals surface area contributed by atoms with E-state index in [0.29, 0.717) is 19.6 Å². The van der Waals surface area contributed by atoms with Crippen LogP contribution in [0.25, 0.3) is 0 Å². The molecule has 0 radical (unpaired) electrons. The van der Waals surface area contributed by atoms with Crippen LogP contribution in [0.5, 0.6) is 5.75 Å². The molecule has 0 spiro atoms. The van der Waals surface area contributed by atoms with Gasteiger partial charge in [0.25, 0.3) is 0 Å². The van der Waals surface area contributed by atoms with E-state index in [0.717, 1.165) is 11.3 Å². The lowest BCUT2D eigenvalue weighted by atomic mass is 10.0. The maximum absolute atomic E-state index is 11.9. The summed E-state index contributed by atoms with van der Waals surface area (Å²) in [6.45, 7) is 8.82. The number of carbonyl (C=O) groups excluding carboxylic acids is 2. The number of ether oxygens (including phenoxy) is 1. The molecule has 1 aromatic rings. The Hall–Kier alpha value is -2.04. The number of carbonyl (C=O) groups is 2. The highest BCUT2D eigenvalue weighted by Crippen LogP contribution is 2.27. The molecule has 2 rings (SSSR count). The standard InChI is InChI=1S/C17H24N2O3/c1-12(2)22-16-7-5-15(6-8-16)17-11-18(13(3)20)9-10-19(17)14(4)21/h5-8,12,17H,9-11H2,1-4H3/t17-/m1/s1. The molecule has 1 saturated heterocycles. The third-order valence-corrected chi connectivity index (χ3v) is 3.87. The van der Waals surface area contributed by atoms with Crippen LogP contribution in [-0.4, -0.2) is 47.4 Å². The average Bonchev–Trinajstić information content (AvgIpc) is 2.46. The Morgan fingerprint density at radius 3 is 2.23 bits per heavy atom. The molecule has 1 atom stereocenters. The Kier molecular flexibility index (Phi) is 5.06. The van der Waals surface area contributed by atoms with Gasteiger partial charge in [-0.3, -0.25) is 9.59 Å². The van der Waals surface area contributed by atoms with Gasteiger partial charge in [-0.15, -0.1) is 0 Å². The van der Waals surface area contributed by atoms with E-state index in [1.807, 2.05) is 43.0 Å². The smallest absolute Gasteiger partial charge is 0.220 e. The molecule has 2 amide bonds. The summed E-state index contributed by atoms with van der Waals surface area (Å²) < 4.78 is 5.65. The zero-order valence-electron chi connectivity index (χ0n) is 13.7. The number of rotatable bonds is 3. The van der Waals surface area contributed by atoms with Gasteiger partial charge in [-0.2, -0.15) is 0 Å². The van der Waals surface area contributed by atoms with Gasteiger partial charge >= 0.3 is 0 Å². The largest absolute Gasteiger partial charge is 0.491 e. The van der Waals surface area contributed by atoms with Gasteiger partial charge in [0.15, 0.2) is 0 Å². The topological polar surface area (TPSA) is 49.9 Å². The van der Waals surface area contributed by atoms with E-state index in [1.165, 1.54) is 0 Å². The van der Waals surface area contributed by atoms with Gasteiger partial charge in [0.1, 0.15) is 5.75 Å². The highest BCUT2D eigenvalue weighted by Gasteiger charge is 2.30. The highest BCUT2D eigenvalue weighted by molar-refractivity contribution is 5.76. The molecule has 0 saturated carbocycles. The van der Waals surface area contributed by atoms with Crippen molar-refractivity contribution in [3.05, 3.63) is 29.8 Å². The summed E-state index contributed by atoms with van der Waals surface area (Å²) in [4.78, 5) is 27.1. The Morgan fingerprint density at radius 1 is 1.09 bits per heavy atom. The molecule has 0 aliphatic carbocycles. The molecule has 0 aromatic heterocycles. The maximum atomic E-state index is 11.9. The van der Waals surface area contributed by atoms with Crippen LogP contribution in [0.4, 0.5) is 0 Å². The minimum atomic E-state index is -0.0942. The zero-order valence-corrected chi connectivity index (χ0v) is 13.7. The van der Waals surface area contributed by atoms with E-state index >= 15 is 0 Å². The molecule has 1 heterocycles. The van der Waals surface area contributed by atoms with Gasteiger partial charge in [0.2, 0.25) is 11.8 Å². The van der Waals surface area contributed by atoms with Crippen LogP contribution in [0.3, 0.4) is 0 Å². The summed E-state index contributed by atoms with van der Waals surface area (Å²) >= 11 is 0. The summed E-state index contributed by atoms with van der Waals surface area (Å²) in [7, 11) is 0. The molecule has 1 aromatic carbocycles. The molecular formula is C17H24N2O3. The number of amides is 2. The first-order valence-electron chi connectivity index (χ1n) is 7.68. The fourth-order valence-electron chi connectivity index (χ4n) is 2.77. The Labute approximate surface area is 131 Å². The molecule has 0 unspecified atom stereocenters. The van der Waals surface area contributed by atoms with Crippen molar-refractivity contribution < 1.29 is 14.3 Å². The molecule has 1 aliphatic rings. The third-order valence-electron chi connectivity index (χ3n) is 3.87. The Bertz CT molecular complexity index is 539. The van der Waals surface area contributed by atoms with Crippen LogP contribution in [-0.2, 0) is 9.59 Å². The van der Waals surface area contributed by atoms with Crippen molar-refractivity contribution >= 4 is 11.8 Å². The second-order valence-electron chi connectivity index (χ2n) is 5.93. The second-order valence-corrected chi connectivity index (χ2v) is 5.93. The lowest BCUT2D eigenvalue weighted by molar-refractivity contribution is -0.140. The first kappa shape index (κ1) is 16.3. The van der Waals surface area contributed by atoms with Crippen LogP contribution in [0.1, 0.15) is 39.3 Å². The fourth-order valence-corrected chi connectivity index (χ4v) is 2.77. The maximum Gasteiger partial charge on any atom is 0.220 e. The molecule has 5 heteroatoms. The number of benzene rings is 1. The minimum Gasteiger partial charge on any atom is -0.491 e. The normalized spacial score (nSPS) is 18.5. The molecule has 0 N–H and O–H groups in total. The van der Waals surface area contributed by atoms with E-state index in [4.69, 9.17) is 4.74 Å². The lowest BCUT2D eigenvalue weighted by Crippen LogP contribution is -2.51. The monoisotopic (exact) mass is 304 g/mol. The van der Waals surface area contributed by atoms with Crippen molar-refractivity contribution in [1.82, 2.24) is 9.80 Å². The average molecular weight is 304 g/mol. The van der Waals surface area contributed by atoms with Crippen molar-refractivity contribution in [2.24, 2.45) is 0 Å². The van der Waals surface area contributed by atoms with Crippen LogP contribution in [0, 0.1) is 0 Å². The quantitative estimate of drug-likeness (QED) is 0.860. The molecule has 0 bridgehead atoms. The summed E-state index contributed by atoms with van der Waals surface area (Å²) in [5.41, 5.74) is 1.03. The molecule has 120 valence electrons. The van der Waals surface area contributed by atoms with Gasteiger partial charge in [0, 0.05) is 33.5 Å². The van der Waals surface area contributed by atoms with Gasteiger partial charge in [-0.25, -0.2) is 0 Å². The van der Waals surface area contributed by atoms with Crippen molar-refractivity contribution in [3.8, 4) is 5.75 Å². The van der Waals surface area contributed by atoms with Gasteiger partial charge in [0.05, 0.1) is 12.1 Å². The van der Waals surface area contributed by atoms with Crippen molar-refractivity contribution in [2.45, 2.75) is 39.8 Å². The van der Waals surface area contributed by atoms with E-state index in [-0.39, 0.29) is 24.0 Å². The summed E-state index contributed by atoms with van der Waals surface area (Å²) in [5, 5.41) is 0.